The van der Waals surface area contributed by atoms with E-state index in [9.17, 15) is 0 Å². The number of aliphatic hydroxyl groups excluding tert-OH is 1. The van der Waals surface area contributed by atoms with Crippen molar-refractivity contribution in [3.05, 3.63) is 18.2 Å². The van der Waals surface area contributed by atoms with Gasteiger partial charge in [-0.2, -0.15) is 0 Å². The van der Waals surface area contributed by atoms with E-state index >= 15 is 0 Å². The zero-order chi connectivity index (χ0) is 12.3. The molecule has 0 saturated carbocycles. The van der Waals surface area contributed by atoms with Crippen molar-refractivity contribution in [2.75, 3.05) is 19.7 Å². The lowest BCUT2D eigenvalue weighted by Crippen LogP contribution is -2.16. The van der Waals surface area contributed by atoms with Crippen molar-refractivity contribution in [1.29, 1.82) is 0 Å². The number of unbranched alkanes of at least 4 members (excludes halogenated alkanes) is 3. The van der Waals surface area contributed by atoms with Gasteiger partial charge in [0.2, 0.25) is 0 Å². The summed E-state index contributed by atoms with van der Waals surface area (Å²) in [5.41, 5.74) is 1.17. The average Bonchev–Trinajstić information content (AvgIpc) is 2.77. The zero-order valence-corrected chi connectivity index (χ0v) is 10.9. The molecular formula is C13H25N3O. The highest BCUT2D eigenvalue weighted by atomic mass is 16.2. The number of rotatable bonds is 10. The van der Waals surface area contributed by atoms with Gasteiger partial charge >= 0.3 is 0 Å². The summed E-state index contributed by atoms with van der Waals surface area (Å²) >= 11 is 0. The van der Waals surface area contributed by atoms with Crippen LogP contribution in [0.1, 0.15) is 38.3 Å². The van der Waals surface area contributed by atoms with Crippen LogP contribution >= 0.6 is 0 Å². The minimum absolute atomic E-state index is 0.319. The molecule has 0 aliphatic carbocycles. The molecule has 1 rings (SSSR count). The maximum Gasteiger partial charge on any atom is 0.0949 e. The van der Waals surface area contributed by atoms with Crippen LogP contribution in [0, 0.1) is 0 Å². The fraction of sp³-hybridized carbons (Fsp3) is 0.769. The SMILES string of the molecule is CCNCCc1cn(CCCCCCO)cn1. The van der Waals surface area contributed by atoms with Crippen LogP contribution in [0.5, 0.6) is 0 Å². The van der Waals surface area contributed by atoms with E-state index in [0.717, 1.165) is 38.9 Å². The van der Waals surface area contributed by atoms with Crippen LogP contribution in [-0.4, -0.2) is 34.4 Å². The van der Waals surface area contributed by atoms with Gasteiger partial charge in [-0.25, -0.2) is 4.98 Å². The summed E-state index contributed by atoms with van der Waals surface area (Å²) in [6.45, 7) is 5.50. The number of nitrogens with zero attached hydrogens (tertiary/aromatic N) is 2. The second kappa shape index (κ2) is 9.19. The molecule has 2 N–H and O–H groups in total. The van der Waals surface area contributed by atoms with Crippen molar-refractivity contribution in [2.24, 2.45) is 0 Å². The van der Waals surface area contributed by atoms with Crippen molar-refractivity contribution in [1.82, 2.24) is 14.9 Å². The third-order valence-electron chi connectivity index (χ3n) is 2.82. The van der Waals surface area contributed by atoms with Gasteiger partial charge in [0.25, 0.3) is 0 Å². The average molecular weight is 239 g/mol. The minimum Gasteiger partial charge on any atom is -0.396 e. The molecule has 0 unspecified atom stereocenters. The predicted molar refractivity (Wildman–Crippen MR) is 70.0 cm³/mol. The van der Waals surface area contributed by atoms with Gasteiger partial charge < -0.3 is 15.0 Å². The highest BCUT2D eigenvalue weighted by molar-refractivity contribution is 4.97. The molecule has 0 atom stereocenters. The predicted octanol–water partition coefficient (Wildman–Crippen LogP) is 1.59. The minimum atomic E-state index is 0.319. The first-order chi connectivity index (χ1) is 8.36. The standard InChI is InChI=1S/C13H25N3O/c1-2-14-8-7-13-11-16(12-15-13)9-5-3-4-6-10-17/h11-12,14,17H,2-10H2,1H3. The van der Waals surface area contributed by atoms with Gasteiger partial charge in [-0.1, -0.05) is 19.8 Å². The second-order valence-corrected chi connectivity index (χ2v) is 4.34. The Morgan fingerprint density at radius 3 is 2.88 bits per heavy atom. The maximum atomic E-state index is 8.67. The molecule has 4 nitrogen and oxygen atoms in total. The number of aliphatic hydroxyl groups is 1. The Kier molecular flexibility index (Phi) is 7.67. The molecule has 0 saturated heterocycles. The Labute approximate surface area is 104 Å². The normalized spacial score (nSPS) is 10.9. The summed E-state index contributed by atoms with van der Waals surface area (Å²) in [5.74, 6) is 0. The van der Waals surface area contributed by atoms with Crippen LogP contribution in [0.3, 0.4) is 0 Å². The summed E-state index contributed by atoms with van der Waals surface area (Å²) in [6, 6.07) is 0. The Morgan fingerprint density at radius 1 is 1.29 bits per heavy atom. The Bertz CT molecular complexity index is 286. The van der Waals surface area contributed by atoms with E-state index in [1.165, 1.54) is 18.5 Å². The quantitative estimate of drug-likeness (QED) is 0.610. The first-order valence-electron chi connectivity index (χ1n) is 6.69. The van der Waals surface area contributed by atoms with E-state index in [1.807, 2.05) is 6.33 Å². The van der Waals surface area contributed by atoms with Gasteiger partial charge in [-0.15, -0.1) is 0 Å². The molecule has 0 aromatic carbocycles. The van der Waals surface area contributed by atoms with Crippen LogP contribution in [-0.2, 0) is 13.0 Å². The van der Waals surface area contributed by atoms with E-state index in [4.69, 9.17) is 5.11 Å². The number of aromatic nitrogens is 2. The molecule has 0 amide bonds. The maximum absolute atomic E-state index is 8.67. The Balaban J connectivity index is 2.12. The van der Waals surface area contributed by atoms with Crippen LogP contribution in [0.4, 0.5) is 0 Å². The van der Waals surface area contributed by atoms with Crippen molar-refractivity contribution in [3.63, 3.8) is 0 Å². The summed E-state index contributed by atoms with van der Waals surface area (Å²) in [7, 11) is 0. The highest BCUT2D eigenvalue weighted by Gasteiger charge is 1.98. The molecule has 98 valence electrons. The van der Waals surface area contributed by atoms with Crippen molar-refractivity contribution < 1.29 is 5.11 Å². The van der Waals surface area contributed by atoms with Crippen LogP contribution in [0.25, 0.3) is 0 Å². The van der Waals surface area contributed by atoms with Gasteiger partial charge in [0.15, 0.2) is 0 Å². The summed E-state index contributed by atoms with van der Waals surface area (Å²) in [4.78, 5) is 4.39. The molecule has 1 aromatic rings. The van der Waals surface area contributed by atoms with Gasteiger partial charge in [0.05, 0.1) is 12.0 Å². The zero-order valence-electron chi connectivity index (χ0n) is 10.9. The number of imidazole rings is 1. The van der Waals surface area contributed by atoms with Gasteiger partial charge in [-0.05, 0) is 19.4 Å². The monoisotopic (exact) mass is 239 g/mol. The van der Waals surface area contributed by atoms with Gasteiger partial charge in [0, 0.05) is 32.3 Å². The van der Waals surface area contributed by atoms with E-state index in [-0.39, 0.29) is 0 Å². The number of hydrogen-bond donors (Lipinski definition) is 2. The number of likely N-dealkylation sites (N-methyl/N-ethyl adjacent to an activating group) is 1. The van der Waals surface area contributed by atoms with Crippen LogP contribution < -0.4 is 5.32 Å². The van der Waals surface area contributed by atoms with E-state index in [2.05, 4.69) is 28.0 Å². The Morgan fingerprint density at radius 2 is 2.12 bits per heavy atom. The molecule has 0 spiro atoms. The lowest BCUT2D eigenvalue weighted by Gasteiger charge is -2.01. The topological polar surface area (TPSA) is 50.1 Å². The van der Waals surface area contributed by atoms with Crippen LogP contribution in [0.2, 0.25) is 0 Å². The first-order valence-corrected chi connectivity index (χ1v) is 6.69. The van der Waals surface area contributed by atoms with E-state index < -0.39 is 0 Å². The second-order valence-electron chi connectivity index (χ2n) is 4.34. The number of nitrogens with one attached hydrogen (secondary N) is 1. The molecule has 4 heteroatoms. The molecule has 1 heterocycles. The summed E-state index contributed by atoms with van der Waals surface area (Å²) < 4.78 is 2.17. The smallest absolute Gasteiger partial charge is 0.0949 e. The molecule has 17 heavy (non-hydrogen) atoms. The third-order valence-corrected chi connectivity index (χ3v) is 2.82. The number of hydrogen-bond acceptors (Lipinski definition) is 3. The van der Waals surface area contributed by atoms with Crippen molar-refractivity contribution in [3.8, 4) is 0 Å². The number of aryl methyl sites for hydroxylation is 1. The molecule has 0 fully saturated rings. The fourth-order valence-corrected chi connectivity index (χ4v) is 1.81. The van der Waals surface area contributed by atoms with E-state index in [0.29, 0.717) is 6.61 Å². The van der Waals surface area contributed by atoms with Crippen molar-refractivity contribution >= 4 is 0 Å². The van der Waals surface area contributed by atoms with Crippen LogP contribution in [0.15, 0.2) is 12.5 Å². The highest BCUT2D eigenvalue weighted by Crippen LogP contribution is 2.03. The fourth-order valence-electron chi connectivity index (χ4n) is 1.81. The van der Waals surface area contributed by atoms with Gasteiger partial charge in [0.1, 0.15) is 0 Å². The molecule has 0 bridgehead atoms. The van der Waals surface area contributed by atoms with E-state index in [1.54, 1.807) is 0 Å². The Hall–Kier alpha value is -0.870. The van der Waals surface area contributed by atoms with Crippen molar-refractivity contribution in [2.45, 2.75) is 45.6 Å². The lowest BCUT2D eigenvalue weighted by molar-refractivity contribution is 0.282. The molecule has 0 radical (unpaired) electrons. The molecule has 0 aliphatic rings. The molecule has 0 aliphatic heterocycles. The largest absolute Gasteiger partial charge is 0.396 e. The van der Waals surface area contributed by atoms with Gasteiger partial charge in [-0.3, -0.25) is 0 Å². The third kappa shape index (κ3) is 6.44. The summed E-state index contributed by atoms with van der Waals surface area (Å²) in [5, 5.41) is 12.0. The molecule has 1 aromatic heterocycles. The lowest BCUT2D eigenvalue weighted by atomic mass is 10.2. The summed E-state index contributed by atoms with van der Waals surface area (Å²) in [6.07, 6.45) is 9.48. The first kappa shape index (κ1) is 14.2. The molecular weight excluding hydrogens is 214 g/mol.